The zero-order valence-electron chi connectivity index (χ0n) is 15.8. The van der Waals surface area contributed by atoms with Gasteiger partial charge in [-0.15, -0.1) is 0 Å². The lowest BCUT2D eigenvalue weighted by Crippen LogP contribution is -2.44. The van der Waals surface area contributed by atoms with E-state index >= 15 is 0 Å². The van der Waals surface area contributed by atoms with E-state index in [2.05, 4.69) is 46.5 Å². The van der Waals surface area contributed by atoms with Crippen LogP contribution >= 0.6 is 0 Å². The third kappa shape index (κ3) is 9.06. The Labute approximate surface area is 137 Å². The van der Waals surface area contributed by atoms with E-state index in [1.807, 2.05) is 32.9 Å². The van der Waals surface area contributed by atoms with Crippen molar-refractivity contribution >= 4 is 0 Å². The van der Waals surface area contributed by atoms with Crippen LogP contribution in [0.2, 0.25) is 0 Å². The van der Waals surface area contributed by atoms with Crippen molar-refractivity contribution in [1.29, 1.82) is 0 Å². The fourth-order valence-electron chi connectivity index (χ4n) is 1.90. The molecule has 0 aliphatic carbocycles. The fourth-order valence-corrected chi connectivity index (χ4v) is 1.90. The van der Waals surface area contributed by atoms with E-state index in [9.17, 15) is 10.2 Å². The summed E-state index contributed by atoms with van der Waals surface area (Å²) in [7, 11) is 0. The maximum absolute atomic E-state index is 9.73. The maximum Gasteiger partial charge on any atom is 0.112 e. The molecule has 0 aliphatic rings. The Kier molecular flexibility index (Phi) is 12.1. The van der Waals surface area contributed by atoms with Gasteiger partial charge in [0.1, 0.15) is 5.76 Å². The molecule has 3 nitrogen and oxygen atoms in total. The van der Waals surface area contributed by atoms with Crippen LogP contribution in [0.15, 0.2) is 35.6 Å². The Morgan fingerprint density at radius 1 is 1.23 bits per heavy atom. The zero-order valence-corrected chi connectivity index (χ0v) is 15.8. The van der Waals surface area contributed by atoms with Gasteiger partial charge in [0.25, 0.3) is 0 Å². The van der Waals surface area contributed by atoms with Crippen molar-refractivity contribution in [3.05, 3.63) is 35.6 Å². The van der Waals surface area contributed by atoms with E-state index < -0.39 is 0 Å². The van der Waals surface area contributed by atoms with Crippen molar-refractivity contribution in [3.63, 3.8) is 0 Å². The number of allylic oxidation sites excluding steroid dienone is 3. The van der Waals surface area contributed by atoms with Crippen LogP contribution in [0.1, 0.15) is 55.4 Å². The summed E-state index contributed by atoms with van der Waals surface area (Å²) >= 11 is 0. The van der Waals surface area contributed by atoms with Gasteiger partial charge < -0.3 is 15.5 Å². The lowest BCUT2D eigenvalue weighted by Gasteiger charge is -2.30. The third-order valence-corrected chi connectivity index (χ3v) is 3.48. The summed E-state index contributed by atoms with van der Waals surface area (Å²) in [6.07, 6.45) is 4.01. The molecule has 0 bridgehead atoms. The molecule has 0 aromatic carbocycles. The molecule has 1 unspecified atom stereocenters. The SMILES string of the molecule is C=C(O)/C(=C\C(=C/C)C(C)C)CNC(CO)C(C)(C)C.CC. The highest BCUT2D eigenvalue weighted by Gasteiger charge is 2.23. The van der Waals surface area contributed by atoms with Gasteiger partial charge in [0.15, 0.2) is 0 Å². The summed E-state index contributed by atoms with van der Waals surface area (Å²) in [5, 5.41) is 22.5. The molecule has 0 saturated carbocycles. The van der Waals surface area contributed by atoms with E-state index in [1.165, 1.54) is 0 Å². The molecule has 0 amide bonds. The van der Waals surface area contributed by atoms with Gasteiger partial charge in [-0.3, -0.25) is 0 Å². The molecule has 0 saturated heterocycles. The standard InChI is InChI=1S/C17H31NO2.C2H6/c1-8-14(12(2)3)9-15(13(4)20)10-18-16(11-19)17(5,6)7;1-2/h8-9,12,16,18-20H,4,10-11H2,1-3,5-7H3;1-2H3/b14-8+,15-9-;. The van der Waals surface area contributed by atoms with Gasteiger partial charge in [0, 0.05) is 18.2 Å². The smallest absolute Gasteiger partial charge is 0.112 e. The van der Waals surface area contributed by atoms with E-state index in [4.69, 9.17) is 0 Å². The Bertz CT molecular complexity index is 373. The minimum atomic E-state index is -0.0435. The summed E-state index contributed by atoms with van der Waals surface area (Å²) in [5.41, 5.74) is 1.88. The normalized spacial score (nSPS) is 14.5. The van der Waals surface area contributed by atoms with E-state index in [0.29, 0.717) is 12.5 Å². The van der Waals surface area contributed by atoms with Gasteiger partial charge in [0.2, 0.25) is 0 Å². The Hall–Kier alpha value is -1.06. The van der Waals surface area contributed by atoms with E-state index in [0.717, 1.165) is 11.1 Å². The first-order valence-electron chi connectivity index (χ1n) is 8.22. The summed E-state index contributed by atoms with van der Waals surface area (Å²) < 4.78 is 0. The first-order valence-corrected chi connectivity index (χ1v) is 8.22. The van der Waals surface area contributed by atoms with E-state index in [-0.39, 0.29) is 23.8 Å². The van der Waals surface area contributed by atoms with Crippen LogP contribution in [-0.4, -0.2) is 29.4 Å². The molecule has 0 spiro atoms. The molecule has 0 aromatic heterocycles. The molecule has 0 fully saturated rings. The molecule has 1 atom stereocenters. The predicted molar refractivity (Wildman–Crippen MR) is 98.1 cm³/mol. The van der Waals surface area contributed by atoms with Gasteiger partial charge in [-0.2, -0.15) is 0 Å². The van der Waals surface area contributed by atoms with Gasteiger partial charge >= 0.3 is 0 Å². The summed E-state index contributed by atoms with van der Waals surface area (Å²) in [6, 6.07) is -0.0293. The fraction of sp³-hybridized carbons (Fsp3) is 0.684. The van der Waals surface area contributed by atoms with Crippen molar-refractivity contribution < 1.29 is 10.2 Å². The van der Waals surface area contributed by atoms with Crippen LogP contribution < -0.4 is 5.32 Å². The van der Waals surface area contributed by atoms with E-state index in [1.54, 1.807) is 0 Å². The molecule has 0 aromatic rings. The monoisotopic (exact) mass is 311 g/mol. The maximum atomic E-state index is 9.73. The van der Waals surface area contributed by atoms with Crippen LogP contribution in [-0.2, 0) is 0 Å². The lowest BCUT2D eigenvalue weighted by molar-refractivity contribution is 0.161. The van der Waals surface area contributed by atoms with Crippen LogP contribution in [0.4, 0.5) is 0 Å². The van der Waals surface area contributed by atoms with Crippen molar-refractivity contribution in [2.75, 3.05) is 13.2 Å². The topological polar surface area (TPSA) is 52.5 Å². The van der Waals surface area contributed by atoms with Gasteiger partial charge in [-0.05, 0) is 23.8 Å². The van der Waals surface area contributed by atoms with Crippen molar-refractivity contribution in [3.8, 4) is 0 Å². The molecule has 0 radical (unpaired) electrons. The molecule has 0 heterocycles. The van der Waals surface area contributed by atoms with Crippen molar-refractivity contribution in [2.45, 2.75) is 61.4 Å². The third-order valence-electron chi connectivity index (χ3n) is 3.48. The second-order valence-corrected chi connectivity index (χ2v) is 6.54. The van der Waals surface area contributed by atoms with Crippen LogP contribution in [0.3, 0.4) is 0 Å². The molecule has 0 rings (SSSR count). The average Bonchev–Trinajstić information content (AvgIpc) is 2.42. The number of nitrogens with one attached hydrogen (secondary N) is 1. The van der Waals surface area contributed by atoms with Crippen molar-refractivity contribution in [2.24, 2.45) is 11.3 Å². The second-order valence-electron chi connectivity index (χ2n) is 6.54. The first kappa shape index (κ1) is 23.2. The summed E-state index contributed by atoms with van der Waals surface area (Å²) in [4.78, 5) is 0. The highest BCUT2D eigenvalue weighted by atomic mass is 16.3. The van der Waals surface area contributed by atoms with Crippen molar-refractivity contribution in [1.82, 2.24) is 5.32 Å². The van der Waals surface area contributed by atoms with Crippen LogP contribution in [0, 0.1) is 11.3 Å². The van der Waals surface area contributed by atoms with Crippen LogP contribution in [0.25, 0.3) is 0 Å². The largest absolute Gasteiger partial charge is 0.508 e. The Morgan fingerprint density at radius 3 is 2.00 bits per heavy atom. The lowest BCUT2D eigenvalue weighted by atomic mass is 9.87. The molecular weight excluding hydrogens is 274 g/mol. The quantitative estimate of drug-likeness (QED) is 0.475. The number of hydrogen-bond acceptors (Lipinski definition) is 3. The molecular formula is C19H37NO2. The Morgan fingerprint density at radius 2 is 1.73 bits per heavy atom. The first-order chi connectivity index (χ1) is 10.1. The minimum Gasteiger partial charge on any atom is -0.508 e. The van der Waals surface area contributed by atoms with Gasteiger partial charge in [0.05, 0.1) is 6.61 Å². The number of aliphatic hydroxyl groups is 2. The number of rotatable bonds is 7. The highest BCUT2D eigenvalue weighted by Crippen LogP contribution is 2.20. The highest BCUT2D eigenvalue weighted by molar-refractivity contribution is 5.34. The molecule has 130 valence electrons. The number of aliphatic hydroxyl groups excluding tert-OH is 2. The zero-order chi connectivity index (χ0) is 17.9. The molecule has 0 aliphatic heterocycles. The van der Waals surface area contributed by atoms with Gasteiger partial charge in [-0.1, -0.05) is 67.2 Å². The average molecular weight is 312 g/mol. The van der Waals surface area contributed by atoms with Gasteiger partial charge in [-0.25, -0.2) is 0 Å². The minimum absolute atomic E-state index is 0.0293. The second kappa shape index (κ2) is 11.5. The van der Waals surface area contributed by atoms with Crippen LogP contribution in [0.5, 0.6) is 0 Å². The Balaban J connectivity index is 0. The molecule has 3 N–H and O–H groups in total. The molecule has 22 heavy (non-hydrogen) atoms. The predicted octanol–water partition coefficient (Wildman–Crippen LogP) is 4.61. The number of hydrogen-bond donors (Lipinski definition) is 3. The summed E-state index contributed by atoms with van der Waals surface area (Å²) in [5.74, 6) is 0.466. The summed E-state index contributed by atoms with van der Waals surface area (Å²) in [6.45, 7) is 20.6. The molecule has 3 heteroatoms.